The molecule has 0 spiro atoms. The molecule has 0 radical (unpaired) electrons. The van der Waals surface area contributed by atoms with Crippen LogP contribution in [-0.4, -0.2) is 10.9 Å². The molecule has 0 aromatic heterocycles. The van der Waals surface area contributed by atoms with E-state index in [1.54, 1.807) is 0 Å². The van der Waals surface area contributed by atoms with Crippen LogP contribution >= 0.6 is 0 Å². The average molecular weight is 185 g/mol. The second kappa shape index (κ2) is 4.14. The van der Waals surface area contributed by atoms with Crippen molar-refractivity contribution in [1.29, 1.82) is 0 Å². The van der Waals surface area contributed by atoms with Crippen LogP contribution in [0.15, 0.2) is 54.8 Å². The maximum absolute atomic E-state index is 2.33. The summed E-state index contributed by atoms with van der Waals surface area (Å²) in [7, 11) is 0. The van der Waals surface area contributed by atoms with Crippen molar-refractivity contribution in [3.63, 3.8) is 0 Å². The van der Waals surface area contributed by atoms with E-state index in [4.69, 9.17) is 0 Å². The molecule has 0 aliphatic carbocycles. The molecule has 1 heterocycles. The van der Waals surface area contributed by atoms with Gasteiger partial charge in [0, 0.05) is 12.6 Å². The SMILES string of the molecule is CC1C=CC=CN1Cc1ccccc1. The van der Waals surface area contributed by atoms with E-state index in [1.165, 1.54) is 5.56 Å². The Kier molecular flexibility index (Phi) is 2.68. The summed E-state index contributed by atoms with van der Waals surface area (Å²) in [4.78, 5) is 2.33. The second-order valence-corrected chi connectivity index (χ2v) is 3.62. The number of allylic oxidation sites excluding steroid dienone is 2. The molecule has 1 nitrogen and oxygen atoms in total. The zero-order valence-electron chi connectivity index (χ0n) is 8.43. The molecule has 0 fully saturated rings. The maximum Gasteiger partial charge on any atom is 0.0446 e. The fraction of sp³-hybridized carbons (Fsp3) is 0.231. The lowest BCUT2D eigenvalue weighted by molar-refractivity contribution is 0.325. The van der Waals surface area contributed by atoms with Crippen LogP contribution in [0.2, 0.25) is 0 Å². The Hall–Kier alpha value is -1.50. The van der Waals surface area contributed by atoms with E-state index in [-0.39, 0.29) is 0 Å². The Labute approximate surface area is 85.4 Å². The minimum atomic E-state index is 0.500. The van der Waals surface area contributed by atoms with Crippen LogP contribution in [-0.2, 0) is 6.54 Å². The first-order valence-electron chi connectivity index (χ1n) is 5.01. The summed E-state index contributed by atoms with van der Waals surface area (Å²) in [6.07, 6.45) is 8.55. The third kappa shape index (κ3) is 2.05. The maximum atomic E-state index is 2.33. The predicted octanol–water partition coefficient (Wildman–Crippen LogP) is 2.96. The van der Waals surface area contributed by atoms with Gasteiger partial charge in [0.05, 0.1) is 0 Å². The quantitative estimate of drug-likeness (QED) is 0.684. The third-order valence-electron chi connectivity index (χ3n) is 2.51. The van der Waals surface area contributed by atoms with E-state index < -0.39 is 0 Å². The van der Waals surface area contributed by atoms with E-state index in [0.717, 1.165) is 6.54 Å². The van der Waals surface area contributed by atoms with Gasteiger partial charge in [-0.3, -0.25) is 0 Å². The second-order valence-electron chi connectivity index (χ2n) is 3.62. The van der Waals surface area contributed by atoms with E-state index in [1.807, 2.05) is 0 Å². The number of hydrogen-bond acceptors (Lipinski definition) is 1. The van der Waals surface area contributed by atoms with E-state index in [9.17, 15) is 0 Å². The van der Waals surface area contributed by atoms with Gasteiger partial charge in [0.2, 0.25) is 0 Å². The number of hydrogen-bond donors (Lipinski definition) is 0. The minimum absolute atomic E-state index is 0.500. The molecule has 0 saturated carbocycles. The van der Waals surface area contributed by atoms with Crippen LogP contribution in [0.3, 0.4) is 0 Å². The highest BCUT2D eigenvalue weighted by Crippen LogP contribution is 2.12. The van der Waals surface area contributed by atoms with Crippen LogP contribution in [0.5, 0.6) is 0 Å². The Morgan fingerprint density at radius 3 is 2.64 bits per heavy atom. The molecule has 1 aromatic carbocycles. The first-order chi connectivity index (χ1) is 6.86. The predicted molar refractivity (Wildman–Crippen MR) is 59.7 cm³/mol. The summed E-state index contributed by atoms with van der Waals surface area (Å²) in [5, 5.41) is 0. The normalized spacial score (nSPS) is 20.1. The van der Waals surface area contributed by atoms with Crippen molar-refractivity contribution in [1.82, 2.24) is 4.90 Å². The first-order valence-corrected chi connectivity index (χ1v) is 5.01. The fourth-order valence-electron chi connectivity index (χ4n) is 1.62. The van der Waals surface area contributed by atoms with Gasteiger partial charge in [-0.2, -0.15) is 0 Å². The van der Waals surface area contributed by atoms with Gasteiger partial charge in [-0.1, -0.05) is 42.5 Å². The van der Waals surface area contributed by atoms with Gasteiger partial charge in [-0.25, -0.2) is 0 Å². The average Bonchev–Trinajstić information content (AvgIpc) is 2.23. The molecule has 0 N–H and O–H groups in total. The van der Waals surface area contributed by atoms with Crippen molar-refractivity contribution < 1.29 is 0 Å². The summed E-state index contributed by atoms with van der Waals surface area (Å²) in [6, 6.07) is 11.1. The molecule has 1 atom stereocenters. The molecule has 72 valence electrons. The Bertz CT molecular complexity index is 338. The molecule has 2 rings (SSSR count). The highest BCUT2D eigenvalue weighted by atomic mass is 15.1. The van der Waals surface area contributed by atoms with E-state index in [2.05, 4.69) is 66.6 Å². The lowest BCUT2D eigenvalue weighted by atomic mass is 10.1. The van der Waals surface area contributed by atoms with E-state index in [0.29, 0.717) is 6.04 Å². The molecule has 1 aromatic rings. The lowest BCUT2D eigenvalue weighted by Crippen LogP contribution is -2.27. The van der Waals surface area contributed by atoms with Crippen molar-refractivity contribution in [2.45, 2.75) is 19.5 Å². The van der Waals surface area contributed by atoms with Crippen molar-refractivity contribution >= 4 is 0 Å². The molecular formula is C13H15N. The largest absolute Gasteiger partial charge is 0.367 e. The lowest BCUT2D eigenvalue weighted by Gasteiger charge is -2.27. The molecular weight excluding hydrogens is 170 g/mol. The summed E-state index contributed by atoms with van der Waals surface area (Å²) >= 11 is 0. The zero-order valence-corrected chi connectivity index (χ0v) is 8.43. The highest BCUT2D eigenvalue weighted by molar-refractivity contribution is 5.18. The Morgan fingerprint density at radius 2 is 1.93 bits per heavy atom. The molecule has 1 unspecified atom stereocenters. The van der Waals surface area contributed by atoms with Gasteiger partial charge < -0.3 is 4.90 Å². The van der Waals surface area contributed by atoms with Gasteiger partial charge in [0.15, 0.2) is 0 Å². The Balaban J connectivity index is 2.05. The third-order valence-corrected chi connectivity index (χ3v) is 2.51. The van der Waals surface area contributed by atoms with E-state index >= 15 is 0 Å². The van der Waals surface area contributed by atoms with Gasteiger partial charge in [0.1, 0.15) is 0 Å². The van der Waals surface area contributed by atoms with Gasteiger partial charge in [-0.15, -0.1) is 0 Å². The van der Waals surface area contributed by atoms with Crippen molar-refractivity contribution in [3.05, 3.63) is 60.3 Å². The number of benzene rings is 1. The molecule has 0 bridgehead atoms. The fourth-order valence-corrected chi connectivity index (χ4v) is 1.62. The summed E-state index contributed by atoms with van der Waals surface area (Å²) < 4.78 is 0. The highest BCUT2D eigenvalue weighted by Gasteiger charge is 2.08. The van der Waals surface area contributed by atoms with Gasteiger partial charge in [-0.05, 0) is 24.8 Å². The monoisotopic (exact) mass is 185 g/mol. The molecule has 1 aliphatic rings. The topological polar surface area (TPSA) is 3.24 Å². The van der Waals surface area contributed by atoms with Crippen LogP contribution < -0.4 is 0 Å². The van der Waals surface area contributed by atoms with Crippen molar-refractivity contribution in [2.75, 3.05) is 0 Å². The number of rotatable bonds is 2. The van der Waals surface area contributed by atoms with Crippen molar-refractivity contribution in [2.24, 2.45) is 0 Å². The molecule has 0 saturated heterocycles. The molecule has 1 heteroatoms. The standard InChI is InChI=1S/C13H15N/c1-12-7-5-6-10-14(12)11-13-8-3-2-4-9-13/h2-10,12H,11H2,1H3. The smallest absolute Gasteiger partial charge is 0.0446 e. The van der Waals surface area contributed by atoms with Crippen LogP contribution in [0.25, 0.3) is 0 Å². The summed E-state index contributed by atoms with van der Waals surface area (Å²) in [5.41, 5.74) is 1.36. The van der Waals surface area contributed by atoms with Crippen LogP contribution in [0, 0.1) is 0 Å². The first kappa shape index (κ1) is 9.07. The van der Waals surface area contributed by atoms with Gasteiger partial charge >= 0.3 is 0 Å². The van der Waals surface area contributed by atoms with Crippen LogP contribution in [0.1, 0.15) is 12.5 Å². The summed E-state index contributed by atoms with van der Waals surface area (Å²) in [6.45, 7) is 3.20. The molecule has 1 aliphatic heterocycles. The van der Waals surface area contributed by atoms with Gasteiger partial charge in [0.25, 0.3) is 0 Å². The Morgan fingerprint density at radius 1 is 1.14 bits per heavy atom. The number of nitrogens with zero attached hydrogens (tertiary/aromatic N) is 1. The minimum Gasteiger partial charge on any atom is -0.367 e. The molecule has 0 amide bonds. The van der Waals surface area contributed by atoms with Crippen LogP contribution in [0.4, 0.5) is 0 Å². The van der Waals surface area contributed by atoms with Crippen molar-refractivity contribution in [3.8, 4) is 0 Å². The molecule has 14 heavy (non-hydrogen) atoms. The summed E-state index contributed by atoms with van der Waals surface area (Å²) in [5.74, 6) is 0. The zero-order chi connectivity index (χ0) is 9.80.